The highest BCUT2D eigenvalue weighted by molar-refractivity contribution is 6.05. The minimum absolute atomic E-state index is 0.0430. The fourth-order valence-corrected chi connectivity index (χ4v) is 3.19. The fourth-order valence-electron chi connectivity index (χ4n) is 3.19. The lowest BCUT2D eigenvalue weighted by Gasteiger charge is -2.10. The number of aromatic amines is 1. The molecule has 166 valence electrons. The number of nitrogens with one attached hydrogen (secondary N) is 3. The van der Waals surface area contributed by atoms with Crippen LogP contribution in [0.4, 0.5) is 15.8 Å². The number of H-pyrrole nitrogens is 1. The minimum Gasteiger partial charge on any atom is -0.323 e. The quantitative estimate of drug-likeness (QED) is 0.420. The molecule has 0 spiro atoms. The van der Waals surface area contributed by atoms with Crippen LogP contribution in [0.15, 0.2) is 71.7 Å². The molecule has 3 N–H and O–H groups in total. The number of aromatic nitrogens is 4. The van der Waals surface area contributed by atoms with Crippen molar-refractivity contribution in [2.24, 2.45) is 0 Å². The smallest absolute Gasteiger partial charge is 0.264 e. The molecule has 0 atom stereocenters. The highest BCUT2D eigenvalue weighted by Crippen LogP contribution is 2.21. The molecule has 33 heavy (non-hydrogen) atoms. The SMILES string of the molecule is Cc1c(C(=O)Nc2ccc(F)c(NC(=O)Cc3ccccc3)c2)cnn1-c1ccc(=O)[nH]n1. The van der Waals surface area contributed by atoms with E-state index in [1.54, 1.807) is 19.1 Å². The van der Waals surface area contributed by atoms with Gasteiger partial charge in [-0.2, -0.15) is 10.2 Å². The lowest BCUT2D eigenvalue weighted by molar-refractivity contribution is -0.115. The van der Waals surface area contributed by atoms with Crippen LogP contribution in [0.5, 0.6) is 0 Å². The van der Waals surface area contributed by atoms with Crippen molar-refractivity contribution in [3.63, 3.8) is 0 Å². The zero-order valence-corrected chi connectivity index (χ0v) is 17.5. The molecule has 0 radical (unpaired) electrons. The van der Waals surface area contributed by atoms with Gasteiger partial charge in [0.05, 0.1) is 29.6 Å². The van der Waals surface area contributed by atoms with Gasteiger partial charge in [0.1, 0.15) is 5.82 Å². The van der Waals surface area contributed by atoms with E-state index in [2.05, 4.69) is 25.9 Å². The van der Waals surface area contributed by atoms with Crippen molar-refractivity contribution in [1.29, 1.82) is 0 Å². The Hall–Kier alpha value is -4.60. The summed E-state index contributed by atoms with van der Waals surface area (Å²) in [6.07, 6.45) is 1.46. The summed E-state index contributed by atoms with van der Waals surface area (Å²) >= 11 is 0. The third kappa shape index (κ3) is 5.01. The maximum Gasteiger partial charge on any atom is 0.264 e. The Labute approximate surface area is 187 Å². The first kappa shape index (κ1) is 21.6. The third-order valence-electron chi connectivity index (χ3n) is 4.84. The van der Waals surface area contributed by atoms with E-state index >= 15 is 0 Å². The molecule has 2 heterocycles. The maximum absolute atomic E-state index is 14.2. The van der Waals surface area contributed by atoms with Crippen LogP contribution < -0.4 is 16.2 Å². The van der Waals surface area contributed by atoms with E-state index in [1.165, 1.54) is 35.1 Å². The standard InChI is InChI=1S/C23H19FN6O3/c1-14-17(13-25-30(14)20-9-10-21(31)29-28-20)23(33)26-16-7-8-18(24)19(12-16)27-22(32)11-15-5-3-2-4-6-15/h2-10,12-13H,11H2,1H3,(H,26,33)(H,27,32)(H,29,31). The lowest BCUT2D eigenvalue weighted by Crippen LogP contribution is -2.17. The summed E-state index contributed by atoms with van der Waals surface area (Å²) in [5.41, 5.74) is 1.45. The summed E-state index contributed by atoms with van der Waals surface area (Å²) in [6.45, 7) is 1.68. The van der Waals surface area contributed by atoms with E-state index in [4.69, 9.17) is 0 Å². The van der Waals surface area contributed by atoms with Crippen LogP contribution in [0.25, 0.3) is 5.82 Å². The second-order valence-corrected chi connectivity index (χ2v) is 7.19. The van der Waals surface area contributed by atoms with Gasteiger partial charge in [-0.15, -0.1) is 0 Å². The predicted octanol–water partition coefficient (Wildman–Crippen LogP) is 2.84. The molecule has 2 aromatic heterocycles. The van der Waals surface area contributed by atoms with Crippen LogP contribution in [0.1, 0.15) is 21.6 Å². The number of rotatable bonds is 6. The van der Waals surface area contributed by atoms with Gasteiger partial charge in [-0.05, 0) is 36.8 Å². The summed E-state index contributed by atoms with van der Waals surface area (Å²) in [4.78, 5) is 36.3. The molecule has 2 amide bonds. The van der Waals surface area contributed by atoms with Crippen LogP contribution in [0, 0.1) is 12.7 Å². The monoisotopic (exact) mass is 446 g/mol. The lowest BCUT2D eigenvalue weighted by atomic mass is 10.1. The van der Waals surface area contributed by atoms with E-state index in [0.717, 1.165) is 11.6 Å². The molecular formula is C23H19FN6O3. The molecule has 0 saturated carbocycles. The Morgan fingerprint density at radius 1 is 1.06 bits per heavy atom. The summed E-state index contributed by atoms with van der Waals surface area (Å²) < 4.78 is 15.6. The number of anilines is 2. The van der Waals surface area contributed by atoms with E-state index in [0.29, 0.717) is 17.2 Å². The third-order valence-corrected chi connectivity index (χ3v) is 4.84. The number of carbonyl (C=O) groups excluding carboxylic acids is 2. The Morgan fingerprint density at radius 3 is 2.58 bits per heavy atom. The Bertz CT molecular complexity index is 1360. The summed E-state index contributed by atoms with van der Waals surface area (Å²) in [6, 6.07) is 15.8. The van der Waals surface area contributed by atoms with Crippen molar-refractivity contribution in [2.45, 2.75) is 13.3 Å². The molecule has 0 bridgehead atoms. The zero-order valence-electron chi connectivity index (χ0n) is 17.5. The van der Waals surface area contributed by atoms with Crippen molar-refractivity contribution < 1.29 is 14.0 Å². The first-order valence-corrected chi connectivity index (χ1v) is 9.96. The molecule has 9 nitrogen and oxygen atoms in total. The van der Waals surface area contributed by atoms with Crippen molar-refractivity contribution in [2.75, 3.05) is 10.6 Å². The van der Waals surface area contributed by atoms with Gasteiger partial charge in [-0.3, -0.25) is 14.4 Å². The van der Waals surface area contributed by atoms with Crippen LogP contribution in [0.3, 0.4) is 0 Å². The van der Waals surface area contributed by atoms with Crippen molar-refractivity contribution in [3.05, 3.63) is 99.9 Å². The van der Waals surface area contributed by atoms with Gasteiger partial charge in [0.15, 0.2) is 5.82 Å². The minimum atomic E-state index is -0.623. The number of hydrogen-bond donors (Lipinski definition) is 3. The van der Waals surface area contributed by atoms with Crippen LogP contribution in [0.2, 0.25) is 0 Å². The van der Waals surface area contributed by atoms with Gasteiger partial charge in [0, 0.05) is 11.8 Å². The molecule has 0 saturated heterocycles. The topological polar surface area (TPSA) is 122 Å². The Balaban J connectivity index is 1.48. The Kier molecular flexibility index (Phi) is 6.07. The van der Waals surface area contributed by atoms with Gasteiger partial charge in [-0.25, -0.2) is 14.2 Å². The second kappa shape index (κ2) is 9.27. The average molecular weight is 446 g/mol. The van der Waals surface area contributed by atoms with Gasteiger partial charge in [0.2, 0.25) is 5.91 Å². The van der Waals surface area contributed by atoms with E-state index in [-0.39, 0.29) is 29.1 Å². The van der Waals surface area contributed by atoms with Crippen LogP contribution in [-0.2, 0) is 11.2 Å². The maximum atomic E-state index is 14.2. The number of halogens is 1. The van der Waals surface area contributed by atoms with Crippen molar-refractivity contribution >= 4 is 23.2 Å². The molecular weight excluding hydrogens is 427 g/mol. The number of carbonyl (C=O) groups is 2. The summed E-state index contributed by atoms with van der Waals surface area (Å²) in [5.74, 6) is -1.13. The van der Waals surface area contributed by atoms with Gasteiger partial charge < -0.3 is 10.6 Å². The molecule has 0 fully saturated rings. The molecule has 10 heteroatoms. The second-order valence-electron chi connectivity index (χ2n) is 7.19. The first-order chi connectivity index (χ1) is 15.9. The molecule has 0 aliphatic heterocycles. The largest absolute Gasteiger partial charge is 0.323 e. The molecule has 4 rings (SSSR count). The average Bonchev–Trinajstić information content (AvgIpc) is 3.18. The van der Waals surface area contributed by atoms with E-state index in [1.807, 2.05) is 18.2 Å². The number of amides is 2. The highest BCUT2D eigenvalue weighted by Gasteiger charge is 2.17. The van der Waals surface area contributed by atoms with E-state index in [9.17, 15) is 18.8 Å². The molecule has 4 aromatic rings. The predicted molar refractivity (Wildman–Crippen MR) is 120 cm³/mol. The highest BCUT2D eigenvalue weighted by atomic mass is 19.1. The number of nitrogens with zero attached hydrogens (tertiary/aromatic N) is 3. The molecule has 2 aromatic carbocycles. The fraction of sp³-hybridized carbons (Fsp3) is 0.0870. The summed E-state index contributed by atoms with van der Waals surface area (Å²) in [5, 5.41) is 15.6. The Morgan fingerprint density at radius 2 is 1.85 bits per heavy atom. The van der Waals surface area contributed by atoms with Gasteiger partial charge in [0.25, 0.3) is 11.5 Å². The first-order valence-electron chi connectivity index (χ1n) is 9.96. The van der Waals surface area contributed by atoms with Crippen molar-refractivity contribution in [1.82, 2.24) is 20.0 Å². The van der Waals surface area contributed by atoms with E-state index < -0.39 is 11.7 Å². The van der Waals surface area contributed by atoms with Crippen LogP contribution in [-0.4, -0.2) is 31.8 Å². The molecule has 0 aliphatic carbocycles. The zero-order chi connectivity index (χ0) is 23.4. The normalized spacial score (nSPS) is 10.6. The molecule has 0 unspecified atom stereocenters. The summed E-state index contributed by atoms with van der Waals surface area (Å²) in [7, 11) is 0. The van der Waals surface area contributed by atoms with Crippen molar-refractivity contribution in [3.8, 4) is 5.82 Å². The number of hydrogen-bond acceptors (Lipinski definition) is 5. The van der Waals surface area contributed by atoms with Gasteiger partial charge >= 0.3 is 0 Å². The van der Waals surface area contributed by atoms with Crippen LogP contribution >= 0.6 is 0 Å². The van der Waals surface area contributed by atoms with Gasteiger partial charge in [-0.1, -0.05) is 30.3 Å². The molecule has 0 aliphatic rings. The number of benzene rings is 2.